The Morgan fingerprint density at radius 2 is 2.04 bits per heavy atom. The largest absolute Gasteiger partial charge is 0.367 e. The molecule has 4 nitrogen and oxygen atoms in total. The second kappa shape index (κ2) is 7.75. The average Bonchev–Trinajstić information content (AvgIpc) is 2.62. The van der Waals surface area contributed by atoms with Crippen LogP contribution >= 0.6 is 0 Å². The molecule has 1 saturated heterocycles. The summed E-state index contributed by atoms with van der Waals surface area (Å²) in [5, 5.41) is 12.5. The zero-order valence-electron chi connectivity index (χ0n) is 13.3. The molecule has 3 rings (SSSR count). The van der Waals surface area contributed by atoms with Crippen molar-refractivity contribution in [3.63, 3.8) is 0 Å². The number of hydrogen-bond donors (Lipinski definition) is 1. The van der Waals surface area contributed by atoms with E-state index in [2.05, 4.69) is 51.6 Å². The molecule has 1 N–H and O–H groups in total. The molecule has 0 radical (unpaired) electrons. The number of piperidine rings is 1. The van der Waals surface area contributed by atoms with E-state index in [9.17, 15) is 0 Å². The summed E-state index contributed by atoms with van der Waals surface area (Å²) in [4.78, 5) is 6.83. The lowest BCUT2D eigenvalue weighted by Gasteiger charge is -2.36. The number of benzene rings is 1. The molecule has 23 heavy (non-hydrogen) atoms. The summed E-state index contributed by atoms with van der Waals surface area (Å²) in [5.74, 6) is 0.695. The van der Waals surface area contributed by atoms with Crippen LogP contribution in [0.5, 0.6) is 0 Å². The van der Waals surface area contributed by atoms with Crippen molar-refractivity contribution in [2.24, 2.45) is 0 Å². The minimum absolute atomic E-state index is 0.484. The quantitative estimate of drug-likeness (QED) is 0.919. The molecule has 0 spiro atoms. The zero-order chi connectivity index (χ0) is 15.9. The van der Waals surface area contributed by atoms with Gasteiger partial charge in [-0.05, 0) is 37.1 Å². The number of rotatable bonds is 5. The maximum absolute atomic E-state index is 9.16. The molecule has 0 amide bonds. The first kappa shape index (κ1) is 15.5. The van der Waals surface area contributed by atoms with Crippen LogP contribution in [-0.2, 0) is 6.54 Å². The molecule has 2 heterocycles. The zero-order valence-corrected chi connectivity index (χ0v) is 13.3. The van der Waals surface area contributed by atoms with Crippen LogP contribution in [0.25, 0.3) is 0 Å². The summed E-state index contributed by atoms with van der Waals surface area (Å²) >= 11 is 0. The minimum Gasteiger partial charge on any atom is -0.367 e. The molecular weight excluding hydrogens is 284 g/mol. The van der Waals surface area contributed by atoms with Crippen LogP contribution in [0.2, 0.25) is 0 Å². The lowest BCUT2D eigenvalue weighted by molar-refractivity contribution is 0.148. The molecule has 0 bridgehead atoms. The summed E-state index contributed by atoms with van der Waals surface area (Å²) in [5.41, 5.74) is 1.97. The van der Waals surface area contributed by atoms with Gasteiger partial charge in [-0.2, -0.15) is 5.26 Å². The van der Waals surface area contributed by atoms with E-state index in [0.717, 1.165) is 19.6 Å². The second-order valence-corrected chi connectivity index (χ2v) is 6.00. The highest BCUT2D eigenvalue weighted by Crippen LogP contribution is 2.20. The topological polar surface area (TPSA) is 52.0 Å². The fourth-order valence-corrected chi connectivity index (χ4v) is 3.17. The van der Waals surface area contributed by atoms with Crippen LogP contribution in [0, 0.1) is 11.3 Å². The van der Waals surface area contributed by atoms with Crippen molar-refractivity contribution < 1.29 is 0 Å². The predicted octanol–water partition coefficient (Wildman–Crippen LogP) is 3.42. The lowest BCUT2D eigenvalue weighted by atomic mass is 10.0. The van der Waals surface area contributed by atoms with Crippen molar-refractivity contribution in [3.05, 3.63) is 59.8 Å². The molecule has 1 aliphatic heterocycles. The Morgan fingerprint density at radius 1 is 1.17 bits per heavy atom. The molecule has 0 saturated carbocycles. The first-order chi connectivity index (χ1) is 11.4. The van der Waals surface area contributed by atoms with E-state index in [1.807, 2.05) is 0 Å². The Labute approximate surface area is 137 Å². The van der Waals surface area contributed by atoms with Crippen LogP contribution in [-0.4, -0.2) is 29.0 Å². The number of nitrogens with one attached hydrogen (secondary N) is 1. The number of likely N-dealkylation sites (tertiary alicyclic amines) is 1. The number of aromatic nitrogens is 1. The van der Waals surface area contributed by atoms with Crippen LogP contribution in [0.3, 0.4) is 0 Å². The number of pyridine rings is 1. The molecule has 1 fully saturated rings. The van der Waals surface area contributed by atoms with Crippen molar-refractivity contribution in [1.29, 1.82) is 5.26 Å². The first-order valence-electron chi connectivity index (χ1n) is 8.24. The SMILES string of the molecule is N#Cc1cccnc1NCC1CCCCN1Cc1ccccc1. The van der Waals surface area contributed by atoms with Gasteiger partial charge >= 0.3 is 0 Å². The molecule has 4 heteroatoms. The third-order valence-corrected chi connectivity index (χ3v) is 4.41. The Bertz CT molecular complexity index is 663. The fourth-order valence-electron chi connectivity index (χ4n) is 3.17. The Morgan fingerprint density at radius 3 is 2.87 bits per heavy atom. The number of hydrogen-bond acceptors (Lipinski definition) is 4. The molecule has 1 atom stereocenters. The molecular formula is C19H22N4. The maximum Gasteiger partial charge on any atom is 0.143 e. The van der Waals surface area contributed by atoms with Gasteiger partial charge in [0.15, 0.2) is 0 Å². The number of nitriles is 1. The molecule has 1 aliphatic rings. The molecule has 1 aromatic heterocycles. The molecule has 118 valence electrons. The van der Waals surface area contributed by atoms with Crippen molar-refractivity contribution in [2.45, 2.75) is 31.8 Å². The summed E-state index contributed by atoms with van der Waals surface area (Å²) in [6, 6.07) is 16.9. The minimum atomic E-state index is 0.484. The monoisotopic (exact) mass is 306 g/mol. The summed E-state index contributed by atoms with van der Waals surface area (Å²) < 4.78 is 0. The predicted molar refractivity (Wildman–Crippen MR) is 91.9 cm³/mol. The van der Waals surface area contributed by atoms with Gasteiger partial charge in [0.2, 0.25) is 0 Å². The average molecular weight is 306 g/mol. The standard InChI is InChI=1S/C19H22N4/c20-13-17-9-6-11-21-19(17)22-14-18-10-4-5-12-23(18)15-16-7-2-1-3-8-16/h1-3,6-9,11,18H,4-5,10,12,14-15H2,(H,21,22). The molecule has 0 aliphatic carbocycles. The third kappa shape index (κ3) is 4.08. The van der Waals surface area contributed by atoms with Crippen molar-refractivity contribution in [2.75, 3.05) is 18.4 Å². The van der Waals surface area contributed by atoms with Crippen molar-refractivity contribution >= 4 is 5.82 Å². The normalized spacial score (nSPS) is 18.3. The highest BCUT2D eigenvalue weighted by Gasteiger charge is 2.22. The van der Waals surface area contributed by atoms with Gasteiger partial charge in [0.05, 0.1) is 5.56 Å². The Hall–Kier alpha value is -2.38. The second-order valence-electron chi connectivity index (χ2n) is 6.00. The van der Waals surface area contributed by atoms with Crippen LogP contribution < -0.4 is 5.32 Å². The van der Waals surface area contributed by atoms with E-state index in [4.69, 9.17) is 5.26 Å². The molecule has 1 aromatic carbocycles. The van der Waals surface area contributed by atoms with Gasteiger partial charge in [0.25, 0.3) is 0 Å². The van der Waals surface area contributed by atoms with Crippen LogP contribution in [0.15, 0.2) is 48.7 Å². The van der Waals surface area contributed by atoms with E-state index >= 15 is 0 Å². The maximum atomic E-state index is 9.16. The number of anilines is 1. The van der Waals surface area contributed by atoms with E-state index in [1.165, 1.54) is 24.8 Å². The summed E-state index contributed by atoms with van der Waals surface area (Å²) in [6.07, 6.45) is 5.45. The van der Waals surface area contributed by atoms with E-state index in [1.54, 1.807) is 18.3 Å². The van der Waals surface area contributed by atoms with Crippen LogP contribution in [0.1, 0.15) is 30.4 Å². The van der Waals surface area contributed by atoms with E-state index in [-0.39, 0.29) is 0 Å². The summed E-state index contributed by atoms with van der Waals surface area (Å²) in [7, 11) is 0. The van der Waals surface area contributed by atoms with E-state index < -0.39 is 0 Å². The van der Waals surface area contributed by atoms with Crippen molar-refractivity contribution in [3.8, 4) is 6.07 Å². The van der Waals surface area contributed by atoms with Gasteiger partial charge in [-0.25, -0.2) is 4.98 Å². The molecule has 1 unspecified atom stereocenters. The third-order valence-electron chi connectivity index (χ3n) is 4.41. The number of nitrogens with zero attached hydrogens (tertiary/aromatic N) is 3. The van der Waals surface area contributed by atoms with Crippen LogP contribution in [0.4, 0.5) is 5.82 Å². The Balaban J connectivity index is 1.64. The first-order valence-corrected chi connectivity index (χ1v) is 8.24. The summed E-state index contributed by atoms with van der Waals surface area (Å²) in [6.45, 7) is 2.95. The van der Waals surface area contributed by atoms with Crippen molar-refractivity contribution in [1.82, 2.24) is 9.88 Å². The lowest BCUT2D eigenvalue weighted by Crippen LogP contribution is -2.43. The van der Waals surface area contributed by atoms with Gasteiger partial charge < -0.3 is 5.32 Å². The van der Waals surface area contributed by atoms with Gasteiger partial charge in [0.1, 0.15) is 11.9 Å². The van der Waals surface area contributed by atoms with Gasteiger partial charge in [0, 0.05) is 25.3 Å². The van der Waals surface area contributed by atoms with E-state index in [0.29, 0.717) is 17.4 Å². The van der Waals surface area contributed by atoms with Gasteiger partial charge in [-0.3, -0.25) is 4.90 Å². The Kier molecular flexibility index (Phi) is 5.23. The van der Waals surface area contributed by atoms with Gasteiger partial charge in [-0.15, -0.1) is 0 Å². The highest BCUT2D eigenvalue weighted by atomic mass is 15.2. The molecule has 2 aromatic rings. The fraction of sp³-hybridized carbons (Fsp3) is 0.368. The highest BCUT2D eigenvalue weighted by molar-refractivity contribution is 5.51. The van der Waals surface area contributed by atoms with Gasteiger partial charge in [-0.1, -0.05) is 36.8 Å². The smallest absolute Gasteiger partial charge is 0.143 e.